The van der Waals surface area contributed by atoms with E-state index in [2.05, 4.69) is 5.32 Å². The number of halogens is 2. The van der Waals surface area contributed by atoms with E-state index in [1.807, 2.05) is 4.90 Å². The number of rotatable bonds is 5. The lowest BCUT2D eigenvalue weighted by Crippen LogP contribution is -2.51. The van der Waals surface area contributed by atoms with Gasteiger partial charge >= 0.3 is 0 Å². The van der Waals surface area contributed by atoms with Crippen LogP contribution in [0.4, 0.5) is 4.39 Å². The molecule has 1 heterocycles. The minimum Gasteiger partial charge on any atom is -0.352 e. The Morgan fingerprint density at radius 3 is 2.50 bits per heavy atom. The topological polar surface area (TPSA) is 69.7 Å². The molecule has 2 aliphatic rings. The summed E-state index contributed by atoms with van der Waals surface area (Å²) >= 11 is 5.67. The van der Waals surface area contributed by atoms with Crippen molar-refractivity contribution in [3.05, 3.63) is 29.0 Å². The van der Waals surface area contributed by atoms with Crippen molar-refractivity contribution in [2.24, 2.45) is 0 Å². The summed E-state index contributed by atoms with van der Waals surface area (Å²) < 4.78 is 40.3. The lowest BCUT2D eigenvalue weighted by Gasteiger charge is -2.33. The average Bonchev–Trinajstić information content (AvgIpc) is 3.31. The smallest absolute Gasteiger partial charge is 0.246 e. The van der Waals surface area contributed by atoms with E-state index in [4.69, 9.17) is 11.6 Å². The van der Waals surface area contributed by atoms with Crippen LogP contribution in [0.2, 0.25) is 5.02 Å². The van der Waals surface area contributed by atoms with Gasteiger partial charge < -0.3 is 5.32 Å². The molecule has 1 saturated carbocycles. The van der Waals surface area contributed by atoms with Crippen LogP contribution in [-0.2, 0) is 14.8 Å². The first kappa shape index (κ1) is 17.6. The van der Waals surface area contributed by atoms with Gasteiger partial charge in [0, 0.05) is 37.2 Å². The second-order valence-corrected chi connectivity index (χ2v) is 8.44. The van der Waals surface area contributed by atoms with E-state index < -0.39 is 15.8 Å². The second-order valence-electron chi connectivity index (χ2n) is 6.10. The quantitative estimate of drug-likeness (QED) is 0.835. The summed E-state index contributed by atoms with van der Waals surface area (Å²) in [6.07, 6.45) is 2.06. The molecule has 2 fully saturated rings. The van der Waals surface area contributed by atoms with Gasteiger partial charge in [-0.25, -0.2) is 12.8 Å². The molecule has 0 unspecified atom stereocenters. The first-order chi connectivity index (χ1) is 11.4. The van der Waals surface area contributed by atoms with Crippen molar-refractivity contribution in [1.82, 2.24) is 14.5 Å². The lowest BCUT2D eigenvalue weighted by molar-refractivity contribution is -0.122. The number of nitrogens with zero attached hydrogens (tertiary/aromatic N) is 2. The van der Waals surface area contributed by atoms with E-state index in [-0.39, 0.29) is 35.5 Å². The van der Waals surface area contributed by atoms with Gasteiger partial charge in [0.05, 0.1) is 6.54 Å². The van der Waals surface area contributed by atoms with E-state index >= 15 is 0 Å². The number of nitrogens with one attached hydrogen (secondary N) is 1. The number of benzene rings is 1. The van der Waals surface area contributed by atoms with E-state index in [0.29, 0.717) is 19.1 Å². The maximum absolute atomic E-state index is 13.9. The zero-order valence-electron chi connectivity index (χ0n) is 13.0. The number of hydrogen-bond acceptors (Lipinski definition) is 4. The van der Waals surface area contributed by atoms with Gasteiger partial charge in [0.25, 0.3) is 0 Å². The standard InChI is InChI=1S/C15H19ClFN3O3S/c16-11-1-4-14(13(17)9-11)24(22,23)20-7-5-19(6-8-20)10-15(21)18-12-2-3-12/h1,4,9,12H,2-3,5-8,10H2,(H,18,21). The SMILES string of the molecule is O=C(CN1CCN(S(=O)(=O)c2ccc(Cl)cc2F)CC1)NC1CC1. The summed E-state index contributed by atoms with van der Waals surface area (Å²) in [5.74, 6) is -0.883. The Hall–Kier alpha value is -1.22. The van der Waals surface area contributed by atoms with Crippen LogP contribution in [0.25, 0.3) is 0 Å². The van der Waals surface area contributed by atoms with Crippen molar-refractivity contribution in [3.8, 4) is 0 Å². The highest BCUT2D eigenvalue weighted by Gasteiger charge is 2.31. The summed E-state index contributed by atoms with van der Waals surface area (Å²) in [6.45, 7) is 1.58. The van der Waals surface area contributed by atoms with Crippen molar-refractivity contribution < 1.29 is 17.6 Å². The number of carbonyl (C=O) groups is 1. The Labute approximate surface area is 145 Å². The Morgan fingerprint density at radius 1 is 1.25 bits per heavy atom. The fraction of sp³-hybridized carbons (Fsp3) is 0.533. The maximum Gasteiger partial charge on any atom is 0.246 e. The highest BCUT2D eigenvalue weighted by molar-refractivity contribution is 7.89. The molecule has 1 saturated heterocycles. The predicted molar refractivity (Wildman–Crippen MR) is 87.8 cm³/mol. The average molecular weight is 376 g/mol. The minimum atomic E-state index is -3.90. The van der Waals surface area contributed by atoms with Gasteiger partial charge in [0.1, 0.15) is 10.7 Å². The largest absolute Gasteiger partial charge is 0.352 e. The Morgan fingerprint density at radius 2 is 1.92 bits per heavy atom. The molecule has 24 heavy (non-hydrogen) atoms. The number of piperazine rings is 1. The molecule has 0 atom stereocenters. The van der Waals surface area contributed by atoms with Gasteiger partial charge in [0.2, 0.25) is 15.9 Å². The van der Waals surface area contributed by atoms with Crippen LogP contribution in [0.3, 0.4) is 0 Å². The highest BCUT2D eigenvalue weighted by atomic mass is 35.5. The van der Waals surface area contributed by atoms with E-state index in [9.17, 15) is 17.6 Å². The normalized spacial score (nSPS) is 20.1. The van der Waals surface area contributed by atoms with Crippen LogP contribution in [0, 0.1) is 5.82 Å². The summed E-state index contributed by atoms with van der Waals surface area (Å²) in [7, 11) is -3.90. The van der Waals surface area contributed by atoms with Crippen molar-refractivity contribution in [2.45, 2.75) is 23.8 Å². The fourth-order valence-corrected chi connectivity index (χ4v) is 4.28. The zero-order valence-corrected chi connectivity index (χ0v) is 14.6. The monoisotopic (exact) mass is 375 g/mol. The van der Waals surface area contributed by atoms with Gasteiger partial charge in [0.15, 0.2) is 0 Å². The van der Waals surface area contributed by atoms with Crippen LogP contribution >= 0.6 is 11.6 Å². The van der Waals surface area contributed by atoms with E-state index in [1.165, 1.54) is 16.4 Å². The van der Waals surface area contributed by atoms with Crippen molar-refractivity contribution in [3.63, 3.8) is 0 Å². The molecule has 0 radical (unpaired) electrons. The van der Waals surface area contributed by atoms with E-state index in [0.717, 1.165) is 18.9 Å². The number of sulfonamides is 1. The predicted octanol–water partition coefficient (Wildman–Crippen LogP) is 1.06. The third-order valence-corrected chi connectivity index (χ3v) is 6.32. The third-order valence-electron chi connectivity index (χ3n) is 4.15. The molecule has 9 heteroatoms. The van der Waals surface area contributed by atoms with Gasteiger partial charge in [-0.2, -0.15) is 4.31 Å². The first-order valence-corrected chi connectivity index (χ1v) is 9.65. The third kappa shape index (κ3) is 4.05. The van der Waals surface area contributed by atoms with Crippen LogP contribution < -0.4 is 5.32 Å². The molecule has 1 N–H and O–H groups in total. The zero-order chi connectivity index (χ0) is 17.3. The Bertz CT molecular complexity index is 731. The van der Waals surface area contributed by atoms with Crippen molar-refractivity contribution in [2.75, 3.05) is 32.7 Å². The van der Waals surface area contributed by atoms with Crippen LogP contribution in [-0.4, -0.2) is 62.3 Å². The van der Waals surface area contributed by atoms with Crippen LogP contribution in [0.5, 0.6) is 0 Å². The lowest BCUT2D eigenvalue weighted by atomic mass is 10.3. The van der Waals surface area contributed by atoms with Crippen molar-refractivity contribution in [1.29, 1.82) is 0 Å². The molecule has 1 aliphatic heterocycles. The van der Waals surface area contributed by atoms with Gasteiger partial charge in [-0.1, -0.05) is 11.6 Å². The van der Waals surface area contributed by atoms with Gasteiger partial charge in [-0.3, -0.25) is 9.69 Å². The summed E-state index contributed by atoms with van der Waals surface area (Å²) in [4.78, 5) is 13.3. The molecule has 3 rings (SSSR count). The van der Waals surface area contributed by atoms with Crippen molar-refractivity contribution >= 4 is 27.5 Å². The van der Waals surface area contributed by atoms with Gasteiger partial charge in [-0.05, 0) is 31.0 Å². The Balaban J connectivity index is 1.59. The number of amides is 1. The van der Waals surface area contributed by atoms with Crippen LogP contribution in [0.1, 0.15) is 12.8 Å². The molecule has 132 valence electrons. The summed E-state index contributed by atoms with van der Waals surface area (Å²) in [5, 5.41) is 3.06. The molecule has 1 amide bonds. The molecule has 0 bridgehead atoms. The molecule has 6 nitrogen and oxygen atoms in total. The minimum absolute atomic E-state index is 0.0300. The number of hydrogen-bond donors (Lipinski definition) is 1. The molecule has 0 aromatic heterocycles. The fourth-order valence-electron chi connectivity index (χ4n) is 2.66. The maximum atomic E-state index is 13.9. The first-order valence-electron chi connectivity index (χ1n) is 7.83. The number of carbonyl (C=O) groups excluding carboxylic acids is 1. The highest BCUT2D eigenvalue weighted by Crippen LogP contribution is 2.23. The van der Waals surface area contributed by atoms with E-state index in [1.54, 1.807) is 0 Å². The molecular formula is C15H19ClFN3O3S. The second kappa shape index (κ2) is 6.95. The molecule has 1 aromatic carbocycles. The molecular weight excluding hydrogens is 357 g/mol. The summed E-state index contributed by atoms with van der Waals surface area (Å²) in [6, 6.07) is 3.85. The molecule has 1 aromatic rings. The summed E-state index contributed by atoms with van der Waals surface area (Å²) in [5.41, 5.74) is 0. The molecule has 1 aliphatic carbocycles. The van der Waals surface area contributed by atoms with Crippen LogP contribution in [0.15, 0.2) is 23.1 Å². The molecule has 0 spiro atoms. The van der Waals surface area contributed by atoms with Gasteiger partial charge in [-0.15, -0.1) is 0 Å². The Kier molecular flexibility index (Phi) is 5.10.